The zero-order valence-corrected chi connectivity index (χ0v) is 13.9. The van der Waals surface area contributed by atoms with Crippen molar-refractivity contribution in [3.05, 3.63) is 0 Å². The first-order valence-electron chi connectivity index (χ1n) is 7.30. The van der Waals surface area contributed by atoms with Crippen LogP contribution in [0.1, 0.15) is 27.7 Å². The number of hydrogen-bond donors (Lipinski definition) is 3. The van der Waals surface area contributed by atoms with Crippen molar-refractivity contribution in [3.63, 3.8) is 0 Å². The summed E-state index contributed by atoms with van der Waals surface area (Å²) in [7, 11) is 0. The lowest BCUT2D eigenvalue weighted by Crippen LogP contribution is -2.69. The number of carbonyl (C=O) groups excluding carboxylic acids is 4. The number of nitrogens with one attached hydrogen (secondary N) is 2. The molecule has 0 spiro atoms. The maximum atomic E-state index is 11.5. The lowest BCUT2D eigenvalue weighted by Gasteiger charge is -2.44. The Kier molecular flexibility index (Phi) is 7.11. The molecule has 1 heterocycles. The summed E-state index contributed by atoms with van der Waals surface area (Å²) in [5.41, 5.74) is 0. The van der Waals surface area contributed by atoms with Gasteiger partial charge in [0.1, 0.15) is 24.9 Å². The molecule has 5 atom stereocenters. The Labute approximate surface area is 138 Å². The average Bonchev–Trinajstić information content (AvgIpc) is 2.42. The van der Waals surface area contributed by atoms with Crippen molar-refractivity contribution in [2.75, 3.05) is 6.61 Å². The molecule has 10 nitrogen and oxygen atoms in total. The number of carbonyl (C=O) groups is 4. The average molecular weight is 346 g/mol. The molecule has 1 aliphatic rings. The van der Waals surface area contributed by atoms with Crippen molar-refractivity contribution in [1.29, 1.82) is 0 Å². The third-order valence-electron chi connectivity index (χ3n) is 3.22. The SMILES string of the molecule is CC(=O)N[C@@H]1[C@H](OC(C)=O)[C@@H](NC(C)=O)C(O)O[C@@H]1COC(C)=O. The first kappa shape index (κ1) is 19.8. The van der Waals surface area contributed by atoms with E-state index in [0.29, 0.717) is 0 Å². The molecular formula is C14H22N2O8. The van der Waals surface area contributed by atoms with E-state index in [2.05, 4.69) is 10.6 Å². The Morgan fingerprint density at radius 2 is 1.50 bits per heavy atom. The van der Waals surface area contributed by atoms with Crippen LogP contribution in [-0.2, 0) is 33.4 Å². The molecule has 0 saturated carbocycles. The normalized spacial score (nSPS) is 29.3. The summed E-state index contributed by atoms with van der Waals surface area (Å²) in [4.78, 5) is 45.2. The van der Waals surface area contributed by atoms with Crippen LogP contribution >= 0.6 is 0 Å². The van der Waals surface area contributed by atoms with E-state index >= 15 is 0 Å². The highest BCUT2D eigenvalue weighted by atomic mass is 16.6. The molecule has 1 aliphatic heterocycles. The fourth-order valence-electron chi connectivity index (χ4n) is 2.42. The Morgan fingerprint density at radius 3 is 1.96 bits per heavy atom. The minimum Gasteiger partial charge on any atom is -0.463 e. The second-order valence-corrected chi connectivity index (χ2v) is 5.39. The minimum atomic E-state index is -1.52. The minimum absolute atomic E-state index is 0.276. The van der Waals surface area contributed by atoms with Gasteiger partial charge >= 0.3 is 11.9 Å². The number of aliphatic hydroxyl groups excluding tert-OH is 1. The van der Waals surface area contributed by atoms with E-state index in [0.717, 1.165) is 6.92 Å². The summed E-state index contributed by atoms with van der Waals surface area (Å²) in [6.45, 7) is 4.53. The lowest BCUT2D eigenvalue weighted by atomic mass is 9.93. The molecule has 10 heteroatoms. The molecule has 136 valence electrons. The van der Waals surface area contributed by atoms with Gasteiger partial charge in [0.2, 0.25) is 11.8 Å². The summed E-state index contributed by atoms with van der Waals surface area (Å²) in [5.74, 6) is -2.19. The number of hydrogen-bond acceptors (Lipinski definition) is 8. The summed E-state index contributed by atoms with van der Waals surface area (Å²) >= 11 is 0. The monoisotopic (exact) mass is 346 g/mol. The summed E-state index contributed by atoms with van der Waals surface area (Å²) in [5, 5.41) is 15.1. The topological polar surface area (TPSA) is 140 Å². The fraction of sp³-hybridized carbons (Fsp3) is 0.714. The summed E-state index contributed by atoms with van der Waals surface area (Å²) < 4.78 is 15.4. The molecule has 1 saturated heterocycles. The first-order chi connectivity index (χ1) is 11.1. The summed E-state index contributed by atoms with van der Waals surface area (Å²) in [6, 6.07) is -2.04. The van der Waals surface area contributed by atoms with Gasteiger partial charge in [-0.25, -0.2) is 0 Å². The molecule has 0 aromatic carbocycles. The van der Waals surface area contributed by atoms with Crippen molar-refractivity contribution in [2.45, 2.75) is 58.3 Å². The Bertz CT molecular complexity index is 509. The Morgan fingerprint density at radius 1 is 0.958 bits per heavy atom. The van der Waals surface area contributed by atoms with Crippen LogP contribution in [-0.4, -0.2) is 66.0 Å². The van der Waals surface area contributed by atoms with E-state index < -0.39 is 54.3 Å². The van der Waals surface area contributed by atoms with Gasteiger partial charge in [0, 0.05) is 27.7 Å². The van der Waals surface area contributed by atoms with Crippen molar-refractivity contribution in [2.24, 2.45) is 0 Å². The highest BCUT2D eigenvalue weighted by Gasteiger charge is 2.48. The molecular weight excluding hydrogens is 324 g/mol. The molecule has 2 amide bonds. The zero-order valence-electron chi connectivity index (χ0n) is 13.9. The van der Waals surface area contributed by atoms with Crippen molar-refractivity contribution in [3.8, 4) is 0 Å². The Hall–Kier alpha value is -2.20. The van der Waals surface area contributed by atoms with E-state index in [1.165, 1.54) is 20.8 Å². The second-order valence-electron chi connectivity index (χ2n) is 5.39. The predicted molar refractivity (Wildman–Crippen MR) is 78.3 cm³/mol. The number of esters is 2. The van der Waals surface area contributed by atoms with Crippen LogP contribution in [0, 0.1) is 0 Å². The number of amides is 2. The molecule has 0 bridgehead atoms. The molecule has 0 aliphatic carbocycles. The van der Waals surface area contributed by atoms with E-state index in [1.807, 2.05) is 0 Å². The smallest absolute Gasteiger partial charge is 0.303 e. The van der Waals surface area contributed by atoms with Gasteiger partial charge in [-0.05, 0) is 0 Å². The lowest BCUT2D eigenvalue weighted by molar-refractivity contribution is -0.234. The maximum Gasteiger partial charge on any atom is 0.303 e. The van der Waals surface area contributed by atoms with Gasteiger partial charge in [-0.1, -0.05) is 0 Å². The second kappa shape index (κ2) is 8.60. The first-order valence-corrected chi connectivity index (χ1v) is 7.30. The molecule has 3 N–H and O–H groups in total. The molecule has 24 heavy (non-hydrogen) atoms. The molecule has 0 radical (unpaired) electrons. The molecule has 1 fully saturated rings. The van der Waals surface area contributed by atoms with E-state index in [-0.39, 0.29) is 6.61 Å². The van der Waals surface area contributed by atoms with Gasteiger partial charge in [-0.2, -0.15) is 0 Å². The van der Waals surface area contributed by atoms with Crippen molar-refractivity contribution in [1.82, 2.24) is 10.6 Å². The van der Waals surface area contributed by atoms with E-state index in [4.69, 9.17) is 14.2 Å². The maximum absolute atomic E-state index is 11.5. The van der Waals surface area contributed by atoms with E-state index in [9.17, 15) is 24.3 Å². The van der Waals surface area contributed by atoms with Crippen LogP contribution in [0.15, 0.2) is 0 Å². The van der Waals surface area contributed by atoms with Crippen LogP contribution in [0.2, 0.25) is 0 Å². The largest absolute Gasteiger partial charge is 0.463 e. The number of ether oxygens (including phenoxy) is 3. The highest BCUT2D eigenvalue weighted by molar-refractivity contribution is 5.75. The quantitative estimate of drug-likeness (QED) is 0.496. The molecule has 0 aromatic heterocycles. The van der Waals surface area contributed by atoms with Crippen LogP contribution < -0.4 is 10.6 Å². The van der Waals surface area contributed by atoms with Crippen LogP contribution in [0.25, 0.3) is 0 Å². The van der Waals surface area contributed by atoms with Gasteiger partial charge in [0.25, 0.3) is 0 Å². The predicted octanol–water partition coefficient (Wildman–Crippen LogP) is -1.79. The molecule has 1 unspecified atom stereocenters. The number of rotatable bonds is 5. The van der Waals surface area contributed by atoms with Gasteiger partial charge in [0.15, 0.2) is 6.29 Å². The van der Waals surface area contributed by atoms with Gasteiger partial charge in [0.05, 0.1) is 6.04 Å². The van der Waals surface area contributed by atoms with Crippen LogP contribution in [0.3, 0.4) is 0 Å². The fourth-order valence-corrected chi connectivity index (χ4v) is 2.42. The van der Waals surface area contributed by atoms with Crippen LogP contribution in [0.4, 0.5) is 0 Å². The Balaban J connectivity index is 3.11. The molecule has 1 rings (SSSR count). The standard InChI is InChI=1S/C14H22N2O8/c1-6(17)15-11-10(5-22-8(3)19)24-14(21)12(16-7(2)18)13(11)23-9(4)20/h10-14,21H,5H2,1-4H3,(H,15,17)(H,16,18)/t10-,11+,12-,13+,14?/m1/s1. The van der Waals surface area contributed by atoms with Crippen LogP contribution in [0.5, 0.6) is 0 Å². The van der Waals surface area contributed by atoms with Crippen molar-refractivity contribution >= 4 is 23.8 Å². The third kappa shape index (κ3) is 5.78. The van der Waals surface area contributed by atoms with Gasteiger partial charge in [-0.15, -0.1) is 0 Å². The van der Waals surface area contributed by atoms with E-state index in [1.54, 1.807) is 0 Å². The van der Waals surface area contributed by atoms with Crippen molar-refractivity contribution < 1.29 is 38.5 Å². The van der Waals surface area contributed by atoms with Gasteiger partial charge in [-0.3, -0.25) is 19.2 Å². The van der Waals surface area contributed by atoms with Gasteiger partial charge < -0.3 is 30.0 Å². The number of aliphatic hydroxyl groups is 1. The molecule has 0 aromatic rings. The zero-order chi connectivity index (χ0) is 18.4. The highest BCUT2D eigenvalue weighted by Crippen LogP contribution is 2.23. The third-order valence-corrected chi connectivity index (χ3v) is 3.22. The summed E-state index contributed by atoms with van der Waals surface area (Å²) in [6.07, 6.45) is -3.61.